The Hall–Kier alpha value is -1.36. The van der Waals surface area contributed by atoms with Gasteiger partial charge in [-0.1, -0.05) is 27.4 Å². The number of hydrogen-bond acceptors (Lipinski definition) is 5. The summed E-state index contributed by atoms with van der Waals surface area (Å²) in [5.41, 5.74) is 0.160. The van der Waals surface area contributed by atoms with Crippen molar-refractivity contribution in [1.29, 1.82) is 0 Å². The molecule has 0 amide bonds. The third-order valence-electron chi connectivity index (χ3n) is 11.0. The minimum Gasteiger partial charge on any atom is -0.469 e. The van der Waals surface area contributed by atoms with Crippen molar-refractivity contribution in [3.63, 3.8) is 0 Å². The molecule has 0 spiro atoms. The van der Waals surface area contributed by atoms with Crippen LogP contribution in [0.1, 0.15) is 85.0 Å². The van der Waals surface area contributed by atoms with Crippen LogP contribution in [0.25, 0.3) is 0 Å². The summed E-state index contributed by atoms with van der Waals surface area (Å²) in [6.07, 6.45) is 10.9. The summed E-state index contributed by atoms with van der Waals surface area (Å²) < 4.78 is 10.5. The van der Waals surface area contributed by atoms with E-state index < -0.39 is 0 Å². The fraction of sp³-hybridized carbons (Fsp3) is 0.857. The predicted molar refractivity (Wildman–Crippen MR) is 127 cm³/mol. The van der Waals surface area contributed by atoms with E-state index in [1.54, 1.807) is 0 Å². The maximum atomic E-state index is 11.7. The third-order valence-corrected chi connectivity index (χ3v) is 11.0. The third kappa shape index (κ3) is 4.17. The van der Waals surface area contributed by atoms with Crippen molar-refractivity contribution in [1.82, 2.24) is 0 Å². The van der Waals surface area contributed by atoms with Gasteiger partial charge in [0.2, 0.25) is 0 Å². The maximum absolute atomic E-state index is 11.7. The molecule has 186 valence electrons. The molecular formula is C28H44O5. The van der Waals surface area contributed by atoms with Crippen molar-refractivity contribution < 1.29 is 24.2 Å². The van der Waals surface area contributed by atoms with Crippen LogP contribution in [-0.4, -0.2) is 36.4 Å². The van der Waals surface area contributed by atoms with Gasteiger partial charge >= 0.3 is 11.9 Å². The van der Waals surface area contributed by atoms with Gasteiger partial charge in [-0.3, -0.25) is 4.79 Å². The van der Waals surface area contributed by atoms with Crippen LogP contribution in [0.4, 0.5) is 0 Å². The summed E-state index contributed by atoms with van der Waals surface area (Å²) in [7, 11) is 1.46. The molecule has 4 aliphatic rings. The minimum atomic E-state index is -0.306. The molecule has 4 rings (SSSR count). The monoisotopic (exact) mass is 460 g/mol. The summed E-state index contributed by atoms with van der Waals surface area (Å²) in [5.74, 6) is 2.77. The molecule has 5 nitrogen and oxygen atoms in total. The second kappa shape index (κ2) is 9.36. The molecule has 5 heteroatoms. The molecule has 33 heavy (non-hydrogen) atoms. The first kappa shape index (κ1) is 24.8. The van der Waals surface area contributed by atoms with Crippen molar-refractivity contribution >= 4 is 11.9 Å². The molecule has 7 unspecified atom stereocenters. The highest BCUT2D eigenvalue weighted by molar-refractivity contribution is 5.81. The number of fused-ring (bicyclic) bond motifs is 5. The molecular weight excluding hydrogens is 416 g/mol. The largest absolute Gasteiger partial charge is 0.469 e. The number of methoxy groups -OCH3 is 1. The van der Waals surface area contributed by atoms with Gasteiger partial charge in [0.1, 0.15) is 6.10 Å². The topological polar surface area (TPSA) is 72.8 Å². The van der Waals surface area contributed by atoms with Crippen molar-refractivity contribution in [2.24, 2.45) is 46.3 Å². The van der Waals surface area contributed by atoms with Gasteiger partial charge in [0.25, 0.3) is 0 Å². The van der Waals surface area contributed by atoms with E-state index in [9.17, 15) is 14.7 Å². The van der Waals surface area contributed by atoms with Crippen LogP contribution in [0.3, 0.4) is 0 Å². The Morgan fingerprint density at radius 2 is 1.88 bits per heavy atom. The minimum absolute atomic E-state index is 0.00965. The van der Waals surface area contributed by atoms with Crippen LogP contribution in [-0.2, 0) is 19.1 Å². The van der Waals surface area contributed by atoms with Crippen molar-refractivity contribution in [3.8, 4) is 0 Å². The molecule has 0 radical (unpaired) electrons. The fourth-order valence-corrected chi connectivity index (χ4v) is 9.11. The highest BCUT2D eigenvalue weighted by Crippen LogP contribution is 2.68. The van der Waals surface area contributed by atoms with Gasteiger partial charge in [-0.25, -0.2) is 4.79 Å². The Bertz CT molecular complexity index is 763. The summed E-state index contributed by atoms with van der Waals surface area (Å²) in [6, 6.07) is 0. The van der Waals surface area contributed by atoms with Crippen LogP contribution in [0.5, 0.6) is 0 Å². The number of aliphatic hydroxyl groups is 1. The van der Waals surface area contributed by atoms with Crippen molar-refractivity contribution in [3.05, 3.63) is 12.7 Å². The zero-order chi connectivity index (χ0) is 24.0. The van der Waals surface area contributed by atoms with Crippen molar-refractivity contribution in [2.75, 3.05) is 7.11 Å². The van der Waals surface area contributed by atoms with Crippen LogP contribution in [0.15, 0.2) is 12.7 Å². The van der Waals surface area contributed by atoms with Crippen LogP contribution < -0.4 is 0 Å². The lowest BCUT2D eigenvalue weighted by Crippen LogP contribution is -2.59. The van der Waals surface area contributed by atoms with Gasteiger partial charge in [-0.2, -0.15) is 0 Å². The number of carbonyl (C=O) groups excluding carboxylic acids is 2. The van der Waals surface area contributed by atoms with E-state index in [4.69, 9.17) is 9.47 Å². The lowest BCUT2D eigenvalue weighted by molar-refractivity contribution is -0.180. The van der Waals surface area contributed by atoms with Crippen LogP contribution >= 0.6 is 0 Å². The van der Waals surface area contributed by atoms with Gasteiger partial charge < -0.3 is 14.6 Å². The summed E-state index contributed by atoms with van der Waals surface area (Å²) in [4.78, 5) is 23.4. The Morgan fingerprint density at radius 3 is 2.58 bits per heavy atom. The van der Waals surface area contributed by atoms with E-state index in [1.807, 2.05) is 0 Å². The lowest BCUT2D eigenvalue weighted by Gasteiger charge is -2.62. The lowest BCUT2D eigenvalue weighted by atomic mass is 9.43. The van der Waals surface area contributed by atoms with Gasteiger partial charge in [0.05, 0.1) is 13.2 Å². The predicted octanol–water partition coefficient (Wildman–Crippen LogP) is 5.30. The SMILES string of the molecule is C=CC(=O)O[C@@H]1CCC2(C)C(CCC3C2C[C@H](O)C2(C)C3CCC2[C@H](C)CCC(=O)OC)C1. The van der Waals surface area contributed by atoms with Crippen LogP contribution in [0, 0.1) is 46.3 Å². The Labute approximate surface area is 199 Å². The second-order valence-electron chi connectivity index (χ2n) is 12.1. The molecule has 0 heterocycles. The van der Waals surface area contributed by atoms with E-state index in [-0.39, 0.29) is 35.0 Å². The molecule has 4 aliphatic carbocycles. The average molecular weight is 461 g/mol. The van der Waals surface area contributed by atoms with Crippen LogP contribution in [0.2, 0.25) is 0 Å². The molecule has 0 aliphatic heterocycles. The first-order chi connectivity index (χ1) is 15.6. The Kier molecular flexibility index (Phi) is 7.02. The number of carbonyl (C=O) groups is 2. The van der Waals surface area contributed by atoms with Gasteiger partial charge in [-0.15, -0.1) is 0 Å². The van der Waals surface area contributed by atoms with E-state index >= 15 is 0 Å². The molecule has 0 saturated heterocycles. The number of hydrogen-bond donors (Lipinski definition) is 1. The van der Waals surface area contributed by atoms with E-state index in [2.05, 4.69) is 27.4 Å². The first-order valence-electron chi connectivity index (χ1n) is 13.2. The van der Waals surface area contributed by atoms with E-state index in [0.29, 0.717) is 41.9 Å². The molecule has 0 aromatic heterocycles. The smallest absolute Gasteiger partial charge is 0.330 e. The number of aliphatic hydroxyl groups excluding tert-OH is 1. The highest BCUT2D eigenvalue weighted by atomic mass is 16.5. The van der Waals surface area contributed by atoms with Gasteiger partial charge in [-0.05, 0) is 104 Å². The molecule has 1 N–H and O–H groups in total. The molecule has 4 fully saturated rings. The summed E-state index contributed by atoms with van der Waals surface area (Å²) >= 11 is 0. The molecule has 10 atom stereocenters. The summed E-state index contributed by atoms with van der Waals surface area (Å²) in [5, 5.41) is 11.7. The standard InChI is InChI=1S/C28H44O5/c1-6-25(30)33-19-13-14-27(3)18(15-19)8-9-20-22-11-10-21(17(2)7-12-26(31)32-5)28(22,4)24(29)16-23(20)27/h6,17-24,29H,1,7-16H2,2-5H3/t17-,18?,19-,20?,21?,22?,23?,24+,27?,28?/m1/s1. The quantitative estimate of drug-likeness (QED) is 0.430. The molecule has 0 aromatic carbocycles. The zero-order valence-corrected chi connectivity index (χ0v) is 21.1. The highest BCUT2D eigenvalue weighted by Gasteiger charge is 2.63. The molecule has 0 bridgehead atoms. The Balaban J connectivity index is 1.49. The number of esters is 2. The number of ether oxygens (including phenoxy) is 2. The molecule has 0 aromatic rings. The van der Waals surface area contributed by atoms with E-state index in [0.717, 1.165) is 38.5 Å². The fourth-order valence-electron chi connectivity index (χ4n) is 9.11. The average Bonchev–Trinajstić information content (AvgIpc) is 3.16. The van der Waals surface area contributed by atoms with E-state index in [1.165, 1.54) is 32.4 Å². The second-order valence-corrected chi connectivity index (χ2v) is 12.1. The zero-order valence-electron chi connectivity index (χ0n) is 21.1. The Morgan fingerprint density at radius 1 is 1.12 bits per heavy atom. The van der Waals surface area contributed by atoms with Crippen molar-refractivity contribution in [2.45, 2.75) is 97.2 Å². The maximum Gasteiger partial charge on any atom is 0.330 e. The molecule has 4 saturated carbocycles. The normalized spacial score (nSPS) is 45.2. The number of rotatable bonds is 6. The summed E-state index contributed by atoms with van der Waals surface area (Å²) in [6.45, 7) is 10.6. The van der Waals surface area contributed by atoms with Gasteiger partial charge in [0.15, 0.2) is 0 Å². The first-order valence-corrected chi connectivity index (χ1v) is 13.2. The van der Waals surface area contributed by atoms with Gasteiger partial charge in [0, 0.05) is 12.5 Å².